The molecular formula is C32H64N6O4. The number of nitrogens with one attached hydrogen (secondary N) is 4. The first-order chi connectivity index (χ1) is 20.5. The minimum absolute atomic E-state index is 0.116. The van der Waals surface area contributed by atoms with Gasteiger partial charge in [-0.2, -0.15) is 0 Å². The Bertz CT molecular complexity index is 677. The van der Waals surface area contributed by atoms with Gasteiger partial charge in [0.2, 0.25) is 23.6 Å². The van der Waals surface area contributed by atoms with Gasteiger partial charge in [0, 0.05) is 45.3 Å². The minimum atomic E-state index is -0.116. The molecular weight excluding hydrogens is 532 g/mol. The van der Waals surface area contributed by atoms with Gasteiger partial charge < -0.3 is 21.7 Å². The maximum atomic E-state index is 12.0. The Kier molecular flexibility index (Phi) is 30.1. The van der Waals surface area contributed by atoms with E-state index in [-0.39, 0.29) is 23.6 Å². The van der Waals surface area contributed by atoms with E-state index < -0.39 is 0 Å². The molecule has 10 heteroatoms. The van der Waals surface area contributed by atoms with E-state index in [1.807, 2.05) is 0 Å². The van der Waals surface area contributed by atoms with Crippen LogP contribution in [0.2, 0.25) is 0 Å². The monoisotopic (exact) mass is 596 g/mol. The van der Waals surface area contributed by atoms with E-state index in [2.05, 4.69) is 21.4 Å². The molecule has 0 aliphatic carbocycles. The molecule has 0 aliphatic rings. The molecule has 0 saturated carbocycles. The van der Waals surface area contributed by atoms with E-state index in [9.17, 15) is 19.2 Å². The van der Waals surface area contributed by atoms with Crippen molar-refractivity contribution in [3.8, 4) is 0 Å². The van der Waals surface area contributed by atoms with Crippen molar-refractivity contribution in [2.45, 2.75) is 154 Å². The SMILES string of the molecule is NCCCCCCCC(=O)NCCCCCCCC(=O)NCCCCCCCC(=O)NCCCCCCCC(=O)NN. The zero-order chi connectivity index (χ0) is 30.9. The third-order valence-corrected chi connectivity index (χ3v) is 7.48. The maximum absolute atomic E-state index is 12.0. The zero-order valence-electron chi connectivity index (χ0n) is 26.6. The highest BCUT2D eigenvalue weighted by molar-refractivity contribution is 5.76. The second-order valence-electron chi connectivity index (χ2n) is 11.5. The molecule has 0 fully saturated rings. The lowest BCUT2D eigenvalue weighted by atomic mass is 10.1. The molecule has 0 aliphatic heterocycles. The molecule has 42 heavy (non-hydrogen) atoms. The fourth-order valence-electron chi connectivity index (χ4n) is 4.80. The van der Waals surface area contributed by atoms with E-state index in [0.29, 0.717) is 25.7 Å². The molecule has 0 heterocycles. The van der Waals surface area contributed by atoms with Gasteiger partial charge in [-0.25, -0.2) is 5.84 Å². The standard InChI is InChI=1S/C32H64N6O4/c33-25-17-9-1-5-13-21-29(39)35-26-18-10-2-6-14-22-30(40)36-27-19-11-3-7-15-23-31(41)37-28-20-12-4-8-16-24-32(42)38-34/h1-28,33-34H2,(H,35,39)(H,36,40)(H,37,41)(H,38,42). The quantitative estimate of drug-likeness (QED) is 0.0295. The van der Waals surface area contributed by atoms with Crippen molar-refractivity contribution in [2.75, 3.05) is 26.2 Å². The van der Waals surface area contributed by atoms with E-state index >= 15 is 0 Å². The lowest BCUT2D eigenvalue weighted by Gasteiger charge is -2.07. The molecule has 4 amide bonds. The lowest BCUT2D eigenvalue weighted by molar-refractivity contribution is -0.122. The van der Waals surface area contributed by atoms with Gasteiger partial charge in [0.25, 0.3) is 0 Å². The third kappa shape index (κ3) is 30.8. The largest absolute Gasteiger partial charge is 0.356 e. The van der Waals surface area contributed by atoms with Crippen molar-refractivity contribution < 1.29 is 19.2 Å². The topological polar surface area (TPSA) is 168 Å². The van der Waals surface area contributed by atoms with Crippen LogP contribution in [0.4, 0.5) is 0 Å². The van der Waals surface area contributed by atoms with Crippen molar-refractivity contribution in [3.05, 3.63) is 0 Å². The molecule has 0 radical (unpaired) electrons. The van der Waals surface area contributed by atoms with E-state index in [1.54, 1.807) is 0 Å². The Morgan fingerprint density at radius 3 is 0.929 bits per heavy atom. The summed E-state index contributed by atoms with van der Waals surface area (Å²) < 4.78 is 0. The van der Waals surface area contributed by atoms with Crippen molar-refractivity contribution in [3.63, 3.8) is 0 Å². The number of nitrogens with two attached hydrogens (primary N) is 2. The minimum Gasteiger partial charge on any atom is -0.356 e. The highest BCUT2D eigenvalue weighted by atomic mass is 16.2. The number of carbonyl (C=O) groups excluding carboxylic acids is 4. The van der Waals surface area contributed by atoms with Crippen LogP contribution in [0, 0.1) is 0 Å². The molecule has 0 atom stereocenters. The fraction of sp³-hybridized carbons (Fsp3) is 0.875. The number of unbranched alkanes of at least 4 members (excludes halogenated alkanes) is 16. The summed E-state index contributed by atoms with van der Waals surface area (Å²) in [5.41, 5.74) is 7.62. The molecule has 0 spiro atoms. The second-order valence-corrected chi connectivity index (χ2v) is 11.5. The highest BCUT2D eigenvalue weighted by Gasteiger charge is 2.04. The van der Waals surface area contributed by atoms with E-state index in [1.165, 1.54) is 0 Å². The zero-order valence-corrected chi connectivity index (χ0v) is 26.6. The summed E-state index contributed by atoms with van der Waals surface area (Å²) in [6, 6.07) is 0. The molecule has 0 saturated heterocycles. The number of hydrazine groups is 1. The van der Waals surface area contributed by atoms with Gasteiger partial charge in [-0.15, -0.1) is 0 Å². The van der Waals surface area contributed by atoms with E-state index in [0.717, 1.165) is 155 Å². The van der Waals surface area contributed by atoms with Gasteiger partial charge in [0.05, 0.1) is 0 Å². The second kappa shape index (κ2) is 31.7. The van der Waals surface area contributed by atoms with Crippen LogP contribution >= 0.6 is 0 Å². The number of carbonyl (C=O) groups is 4. The van der Waals surface area contributed by atoms with Crippen LogP contribution in [0.15, 0.2) is 0 Å². The van der Waals surface area contributed by atoms with Crippen LogP contribution in [0.5, 0.6) is 0 Å². The van der Waals surface area contributed by atoms with Crippen LogP contribution in [0.3, 0.4) is 0 Å². The Hall–Kier alpha value is -2.20. The number of hydrogen-bond acceptors (Lipinski definition) is 6. The van der Waals surface area contributed by atoms with Crippen molar-refractivity contribution in [1.82, 2.24) is 21.4 Å². The first kappa shape index (κ1) is 39.8. The fourth-order valence-corrected chi connectivity index (χ4v) is 4.80. The Balaban J connectivity index is 3.33. The molecule has 0 bridgehead atoms. The van der Waals surface area contributed by atoms with Crippen LogP contribution in [0.1, 0.15) is 154 Å². The van der Waals surface area contributed by atoms with Crippen molar-refractivity contribution in [1.29, 1.82) is 0 Å². The number of amides is 4. The summed E-state index contributed by atoms with van der Waals surface area (Å²) in [5, 5.41) is 9.02. The molecule has 246 valence electrons. The lowest BCUT2D eigenvalue weighted by Crippen LogP contribution is -2.29. The molecule has 0 unspecified atom stereocenters. The van der Waals surface area contributed by atoms with Crippen LogP contribution < -0.4 is 33.0 Å². The summed E-state index contributed by atoms with van der Waals surface area (Å²) in [5.74, 6) is 5.37. The number of rotatable bonds is 31. The Morgan fingerprint density at radius 2 is 0.619 bits per heavy atom. The predicted molar refractivity (Wildman–Crippen MR) is 171 cm³/mol. The first-order valence-electron chi connectivity index (χ1n) is 17.0. The maximum Gasteiger partial charge on any atom is 0.233 e. The van der Waals surface area contributed by atoms with Gasteiger partial charge in [-0.3, -0.25) is 24.6 Å². The van der Waals surface area contributed by atoms with Crippen LogP contribution in [-0.2, 0) is 19.2 Å². The predicted octanol–water partition coefficient (Wildman–Crippen LogP) is 4.65. The van der Waals surface area contributed by atoms with Gasteiger partial charge in [0.15, 0.2) is 0 Å². The molecule has 0 rings (SSSR count). The molecule has 0 aromatic carbocycles. The van der Waals surface area contributed by atoms with Crippen molar-refractivity contribution >= 4 is 23.6 Å². The molecule has 0 aromatic rings. The molecule has 10 nitrogen and oxygen atoms in total. The normalized spacial score (nSPS) is 10.8. The number of hydrogen-bond donors (Lipinski definition) is 6. The van der Waals surface area contributed by atoms with Gasteiger partial charge in [-0.1, -0.05) is 77.0 Å². The highest BCUT2D eigenvalue weighted by Crippen LogP contribution is 2.08. The summed E-state index contributed by atoms with van der Waals surface area (Å²) in [7, 11) is 0. The summed E-state index contributed by atoms with van der Waals surface area (Å²) in [6.45, 7) is 2.96. The summed E-state index contributed by atoms with van der Waals surface area (Å²) in [4.78, 5) is 46.8. The average Bonchev–Trinajstić information content (AvgIpc) is 2.98. The summed E-state index contributed by atoms with van der Waals surface area (Å²) in [6.07, 6.45) is 22.9. The van der Waals surface area contributed by atoms with Gasteiger partial charge in [-0.05, 0) is 57.9 Å². The van der Waals surface area contributed by atoms with Crippen LogP contribution in [-0.4, -0.2) is 49.8 Å². The average molecular weight is 597 g/mol. The van der Waals surface area contributed by atoms with Gasteiger partial charge >= 0.3 is 0 Å². The van der Waals surface area contributed by atoms with Gasteiger partial charge in [0.1, 0.15) is 0 Å². The molecule has 0 aromatic heterocycles. The Labute approximate surface area is 256 Å². The van der Waals surface area contributed by atoms with Crippen molar-refractivity contribution in [2.24, 2.45) is 11.6 Å². The van der Waals surface area contributed by atoms with Crippen LogP contribution in [0.25, 0.3) is 0 Å². The Morgan fingerprint density at radius 1 is 0.357 bits per heavy atom. The molecule has 8 N–H and O–H groups in total. The summed E-state index contributed by atoms with van der Waals surface area (Å²) >= 11 is 0. The smallest absolute Gasteiger partial charge is 0.233 e. The third-order valence-electron chi connectivity index (χ3n) is 7.48. The van der Waals surface area contributed by atoms with E-state index in [4.69, 9.17) is 11.6 Å². The first-order valence-corrected chi connectivity index (χ1v) is 17.0.